The maximum absolute atomic E-state index is 13.1. The Morgan fingerprint density at radius 3 is 2.18 bits per heavy atom. The van der Waals surface area contributed by atoms with Gasteiger partial charge in [-0.2, -0.15) is 0 Å². The van der Waals surface area contributed by atoms with Crippen LogP contribution in [0, 0.1) is 0 Å². The van der Waals surface area contributed by atoms with E-state index >= 15 is 0 Å². The molecule has 0 atom stereocenters. The summed E-state index contributed by atoms with van der Waals surface area (Å²) < 4.78 is 32.5. The number of carbonyl (C=O) groups is 2. The van der Waals surface area contributed by atoms with Gasteiger partial charge in [0.05, 0.1) is 17.2 Å². The van der Waals surface area contributed by atoms with E-state index in [1.54, 1.807) is 24.3 Å². The molecule has 0 fully saturated rings. The second kappa shape index (κ2) is 9.57. The zero-order valence-electron chi connectivity index (χ0n) is 15.5. The van der Waals surface area contributed by atoms with Gasteiger partial charge in [0.25, 0.3) is 10.0 Å². The molecular formula is C19H21ClN2O5S. The molecular weight excluding hydrogens is 404 g/mol. The van der Waals surface area contributed by atoms with Gasteiger partial charge in [-0.3, -0.25) is 13.9 Å². The maximum Gasteiger partial charge on any atom is 0.264 e. The molecule has 0 saturated carbocycles. The van der Waals surface area contributed by atoms with Gasteiger partial charge < -0.3 is 10.1 Å². The van der Waals surface area contributed by atoms with E-state index in [1.807, 2.05) is 6.92 Å². The van der Waals surface area contributed by atoms with Crippen LogP contribution in [-0.4, -0.2) is 32.7 Å². The smallest absolute Gasteiger partial charge is 0.264 e. The number of halogens is 1. The molecule has 0 heterocycles. The van der Waals surface area contributed by atoms with Crippen LogP contribution in [-0.2, 0) is 19.6 Å². The van der Waals surface area contributed by atoms with E-state index in [0.717, 1.165) is 10.7 Å². The molecule has 0 radical (unpaired) electrons. The van der Waals surface area contributed by atoms with Crippen LogP contribution >= 0.6 is 11.6 Å². The SMILES string of the molecule is CCCOc1ccc(N(CC(=O)Cl)S(=O)(=O)c2ccc(NC(C)=O)cc2)cc1. The molecule has 0 bridgehead atoms. The lowest BCUT2D eigenvalue weighted by atomic mass is 10.3. The van der Waals surface area contributed by atoms with Crippen molar-refractivity contribution in [1.82, 2.24) is 0 Å². The van der Waals surface area contributed by atoms with Crippen molar-refractivity contribution < 1.29 is 22.7 Å². The molecule has 2 aromatic carbocycles. The first-order valence-electron chi connectivity index (χ1n) is 8.55. The minimum absolute atomic E-state index is 0.0363. The Hall–Kier alpha value is -2.58. The maximum atomic E-state index is 13.1. The average Bonchev–Trinajstić information content (AvgIpc) is 2.64. The highest BCUT2D eigenvalue weighted by Crippen LogP contribution is 2.27. The Morgan fingerprint density at radius 1 is 1.07 bits per heavy atom. The second-order valence-electron chi connectivity index (χ2n) is 5.91. The predicted molar refractivity (Wildman–Crippen MR) is 108 cm³/mol. The van der Waals surface area contributed by atoms with Crippen LogP contribution in [0.1, 0.15) is 20.3 Å². The molecule has 0 aliphatic carbocycles. The number of hydrogen-bond acceptors (Lipinski definition) is 5. The Labute approximate surface area is 169 Å². The van der Waals surface area contributed by atoms with Crippen LogP contribution < -0.4 is 14.4 Å². The fourth-order valence-corrected chi connectivity index (χ4v) is 4.01. The number of anilines is 2. The number of carbonyl (C=O) groups excluding carboxylic acids is 2. The van der Waals surface area contributed by atoms with Gasteiger partial charge >= 0.3 is 0 Å². The minimum atomic E-state index is -4.05. The quantitative estimate of drug-likeness (QED) is 0.623. The lowest BCUT2D eigenvalue weighted by Crippen LogP contribution is -2.34. The molecule has 7 nitrogen and oxygen atoms in total. The molecule has 1 N–H and O–H groups in total. The number of rotatable bonds is 9. The lowest BCUT2D eigenvalue weighted by Gasteiger charge is -2.23. The minimum Gasteiger partial charge on any atom is -0.494 e. The van der Waals surface area contributed by atoms with E-state index in [4.69, 9.17) is 16.3 Å². The summed E-state index contributed by atoms with van der Waals surface area (Å²) in [5.74, 6) is 0.329. The highest BCUT2D eigenvalue weighted by atomic mass is 35.5. The van der Waals surface area contributed by atoms with Gasteiger partial charge in [0.15, 0.2) is 0 Å². The topological polar surface area (TPSA) is 92.8 Å². The normalized spacial score (nSPS) is 11.0. The fraction of sp³-hybridized carbons (Fsp3) is 0.263. The second-order valence-corrected chi connectivity index (χ2v) is 8.20. The third-order valence-corrected chi connectivity index (χ3v) is 5.54. The summed E-state index contributed by atoms with van der Waals surface area (Å²) in [4.78, 5) is 22.5. The molecule has 0 aromatic heterocycles. The standard InChI is InChI=1S/C19H21ClN2O5S/c1-3-12-27-17-8-6-16(7-9-17)22(13-19(20)24)28(25,26)18-10-4-15(5-11-18)21-14(2)23/h4-11H,3,12-13H2,1-2H3,(H,21,23). The zero-order chi connectivity index (χ0) is 20.7. The molecule has 0 aliphatic rings. The summed E-state index contributed by atoms with van der Waals surface area (Å²) in [7, 11) is -4.05. The fourth-order valence-electron chi connectivity index (χ4n) is 2.40. The van der Waals surface area contributed by atoms with E-state index in [2.05, 4.69) is 5.32 Å². The molecule has 0 saturated heterocycles. The van der Waals surface area contributed by atoms with Crippen molar-refractivity contribution in [2.75, 3.05) is 22.8 Å². The first-order chi connectivity index (χ1) is 13.2. The number of benzene rings is 2. The van der Waals surface area contributed by atoms with Crippen molar-refractivity contribution in [3.63, 3.8) is 0 Å². The number of ether oxygens (including phenoxy) is 1. The Balaban J connectivity index is 2.35. The van der Waals surface area contributed by atoms with Crippen molar-refractivity contribution in [3.05, 3.63) is 48.5 Å². The molecule has 2 rings (SSSR count). The number of sulfonamides is 1. The highest BCUT2D eigenvalue weighted by molar-refractivity contribution is 7.92. The summed E-state index contributed by atoms with van der Waals surface area (Å²) in [6, 6.07) is 12.0. The van der Waals surface area contributed by atoms with Gasteiger partial charge in [-0.1, -0.05) is 6.92 Å². The van der Waals surface area contributed by atoms with E-state index < -0.39 is 21.8 Å². The summed E-state index contributed by atoms with van der Waals surface area (Å²) in [6.45, 7) is 3.35. The summed E-state index contributed by atoms with van der Waals surface area (Å²) in [5.41, 5.74) is 0.743. The number of amides is 1. The highest BCUT2D eigenvalue weighted by Gasteiger charge is 2.26. The number of nitrogens with zero attached hydrogens (tertiary/aromatic N) is 1. The zero-order valence-corrected chi connectivity index (χ0v) is 17.1. The summed E-state index contributed by atoms with van der Waals surface area (Å²) in [5, 5.41) is 1.75. The number of hydrogen-bond donors (Lipinski definition) is 1. The largest absolute Gasteiger partial charge is 0.494 e. The molecule has 9 heteroatoms. The third-order valence-electron chi connectivity index (χ3n) is 3.63. The summed E-state index contributed by atoms with van der Waals surface area (Å²) >= 11 is 5.48. The van der Waals surface area contributed by atoms with Gasteiger partial charge in [-0.25, -0.2) is 8.42 Å². The van der Waals surface area contributed by atoms with Crippen LogP contribution in [0.15, 0.2) is 53.4 Å². The lowest BCUT2D eigenvalue weighted by molar-refractivity contribution is -0.114. The van der Waals surface area contributed by atoms with Crippen molar-refractivity contribution in [1.29, 1.82) is 0 Å². The van der Waals surface area contributed by atoms with Crippen LogP contribution in [0.4, 0.5) is 11.4 Å². The van der Waals surface area contributed by atoms with Gasteiger partial charge in [-0.05, 0) is 66.6 Å². The molecule has 0 spiro atoms. The Kier molecular flexibility index (Phi) is 7.42. The van der Waals surface area contributed by atoms with Crippen LogP contribution in [0.2, 0.25) is 0 Å². The van der Waals surface area contributed by atoms with E-state index in [-0.39, 0.29) is 16.5 Å². The van der Waals surface area contributed by atoms with Gasteiger partial charge in [0.2, 0.25) is 11.1 Å². The van der Waals surface area contributed by atoms with Crippen molar-refractivity contribution in [2.24, 2.45) is 0 Å². The Bertz CT molecular complexity index is 928. The van der Waals surface area contributed by atoms with Crippen LogP contribution in [0.25, 0.3) is 0 Å². The van der Waals surface area contributed by atoms with Gasteiger partial charge in [0, 0.05) is 12.6 Å². The molecule has 1 amide bonds. The molecule has 0 aliphatic heterocycles. The first kappa shape index (κ1) is 21.7. The van der Waals surface area contributed by atoms with Crippen molar-refractivity contribution in [2.45, 2.75) is 25.2 Å². The molecule has 0 unspecified atom stereocenters. The number of nitrogens with one attached hydrogen (secondary N) is 1. The monoisotopic (exact) mass is 424 g/mol. The summed E-state index contributed by atoms with van der Waals surface area (Å²) in [6.07, 6.45) is 0.845. The predicted octanol–water partition coefficient (Wildman–Crippen LogP) is 3.39. The average molecular weight is 425 g/mol. The van der Waals surface area contributed by atoms with E-state index in [9.17, 15) is 18.0 Å². The molecule has 2 aromatic rings. The van der Waals surface area contributed by atoms with Crippen LogP contribution in [0.3, 0.4) is 0 Å². The molecule has 150 valence electrons. The van der Waals surface area contributed by atoms with Gasteiger partial charge in [-0.15, -0.1) is 0 Å². The first-order valence-corrected chi connectivity index (χ1v) is 10.4. The van der Waals surface area contributed by atoms with E-state index in [1.165, 1.54) is 31.2 Å². The third kappa shape index (κ3) is 5.71. The van der Waals surface area contributed by atoms with Crippen LogP contribution in [0.5, 0.6) is 5.75 Å². The van der Waals surface area contributed by atoms with Crippen molar-refractivity contribution in [3.8, 4) is 5.75 Å². The molecule has 28 heavy (non-hydrogen) atoms. The van der Waals surface area contributed by atoms with E-state index in [0.29, 0.717) is 18.0 Å². The van der Waals surface area contributed by atoms with Crippen molar-refractivity contribution >= 4 is 44.1 Å². The van der Waals surface area contributed by atoms with Gasteiger partial charge in [0.1, 0.15) is 12.3 Å². The Morgan fingerprint density at radius 2 is 1.68 bits per heavy atom.